The Hall–Kier alpha value is -2.54. The van der Waals surface area contributed by atoms with Gasteiger partial charge in [-0.2, -0.15) is 4.39 Å². The Kier molecular flexibility index (Phi) is 3.41. The molecule has 3 aliphatic heterocycles. The molecule has 6 heterocycles. The van der Waals surface area contributed by atoms with Crippen LogP contribution in [0.25, 0.3) is 22.6 Å². The number of pyridine rings is 1. The van der Waals surface area contributed by atoms with Crippen molar-refractivity contribution in [3.63, 3.8) is 0 Å². The summed E-state index contributed by atoms with van der Waals surface area (Å²) in [6.45, 7) is 3.46. The van der Waals surface area contributed by atoms with E-state index in [2.05, 4.69) is 20.2 Å². The highest BCUT2D eigenvalue weighted by atomic mass is 19.1. The van der Waals surface area contributed by atoms with Gasteiger partial charge in [-0.3, -0.25) is 0 Å². The molecule has 0 unspecified atom stereocenters. The van der Waals surface area contributed by atoms with Crippen LogP contribution < -0.4 is 0 Å². The Morgan fingerprint density at radius 1 is 1.16 bits per heavy atom. The second-order valence-corrected chi connectivity index (χ2v) is 6.86. The number of nitrogens with zero attached hydrogens (tertiary/aromatic N) is 5. The summed E-state index contributed by atoms with van der Waals surface area (Å²) in [5, 5.41) is 8.64. The van der Waals surface area contributed by atoms with E-state index in [4.69, 9.17) is 4.42 Å². The lowest BCUT2D eigenvalue weighted by Gasteiger charge is -2.44. The normalized spacial score (nSPS) is 25.4. The minimum atomic E-state index is -0.493. The van der Waals surface area contributed by atoms with Crippen molar-refractivity contribution in [2.75, 3.05) is 19.6 Å². The summed E-state index contributed by atoms with van der Waals surface area (Å²) >= 11 is 0. The van der Waals surface area contributed by atoms with Crippen molar-refractivity contribution in [1.82, 2.24) is 24.9 Å². The Labute approximate surface area is 144 Å². The van der Waals surface area contributed by atoms with E-state index in [1.54, 1.807) is 12.3 Å². The molecule has 0 spiro atoms. The van der Waals surface area contributed by atoms with Crippen LogP contribution in [-0.4, -0.2) is 44.5 Å². The maximum Gasteiger partial charge on any atom is 0.212 e. The third-order valence-corrected chi connectivity index (χ3v) is 5.38. The topological polar surface area (TPSA) is 60.0 Å². The molecule has 128 valence electrons. The average Bonchev–Trinajstić information content (AvgIpc) is 3.33. The van der Waals surface area contributed by atoms with Gasteiger partial charge in [0.15, 0.2) is 5.76 Å². The first-order valence-electron chi connectivity index (χ1n) is 8.61. The van der Waals surface area contributed by atoms with Crippen molar-refractivity contribution in [3.05, 3.63) is 42.8 Å². The highest BCUT2D eigenvalue weighted by Crippen LogP contribution is 2.36. The van der Waals surface area contributed by atoms with Crippen LogP contribution in [-0.2, 0) is 0 Å². The van der Waals surface area contributed by atoms with Crippen LogP contribution in [0.5, 0.6) is 0 Å². The van der Waals surface area contributed by atoms with Crippen molar-refractivity contribution < 1.29 is 8.81 Å². The molecule has 0 N–H and O–H groups in total. The Balaban J connectivity index is 1.40. The molecule has 3 aromatic heterocycles. The first kappa shape index (κ1) is 14.8. The standard InChI is InChI=1S/C18H18FN5O/c19-18-2-1-13(8-20-18)14-7-17(25-11-14)15-9-24(22-21-15)16-10-23-5-3-12(16)4-6-23/h1-2,7-9,11-12,16H,3-6,10H2/t16-/m0/s1. The second-order valence-electron chi connectivity index (χ2n) is 6.86. The van der Waals surface area contributed by atoms with Gasteiger partial charge in [-0.25, -0.2) is 9.67 Å². The van der Waals surface area contributed by atoms with E-state index < -0.39 is 5.95 Å². The van der Waals surface area contributed by atoms with Crippen LogP contribution in [0.2, 0.25) is 0 Å². The zero-order valence-corrected chi connectivity index (χ0v) is 13.7. The average molecular weight is 339 g/mol. The molecule has 6 rings (SSSR count). The number of hydrogen-bond acceptors (Lipinski definition) is 5. The van der Waals surface area contributed by atoms with Gasteiger partial charge in [0.1, 0.15) is 5.69 Å². The number of rotatable bonds is 3. The number of piperidine rings is 3. The van der Waals surface area contributed by atoms with Gasteiger partial charge in [-0.1, -0.05) is 5.21 Å². The van der Waals surface area contributed by atoms with Crippen LogP contribution in [0.15, 0.2) is 41.3 Å². The summed E-state index contributed by atoms with van der Waals surface area (Å²) in [5.41, 5.74) is 2.37. The van der Waals surface area contributed by atoms with Gasteiger partial charge in [0, 0.05) is 23.9 Å². The first-order chi connectivity index (χ1) is 12.3. The number of fused-ring (bicyclic) bond motifs is 3. The summed E-state index contributed by atoms with van der Waals surface area (Å²) in [5.74, 6) is 0.858. The third-order valence-electron chi connectivity index (χ3n) is 5.38. The van der Waals surface area contributed by atoms with Crippen LogP contribution >= 0.6 is 0 Å². The Morgan fingerprint density at radius 3 is 2.76 bits per heavy atom. The largest absolute Gasteiger partial charge is 0.462 e. The molecule has 2 bridgehead atoms. The van der Waals surface area contributed by atoms with Crippen molar-refractivity contribution >= 4 is 0 Å². The summed E-state index contributed by atoms with van der Waals surface area (Å²) in [6, 6.07) is 5.31. The number of halogens is 1. The van der Waals surface area contributed by atoms with E-state index >= 15 is 0 Å². The molecular weight excluding hydrogens is 321 g/mol. The molecular formula is C18H18FN5O. The molecule has 25 heavy (non-hydrogen) atoms. The van der Waals surface area contributed by atoms with Crippen molar-refractivity contribution in [2.45, 2.75) is 18.9 Å². The summed E-state index contributed by atoms with van der Waals surface area (Å²) in [4.78, 5) is 6.18. The van der Waals surface area contributed by atoms with Crippen LogP contribution in [0.3, 0.4) is 0 Å². The quantitative estimate of drug-likeness (QED) is 0.687. The SMILES string of the molecule is Fc1ccc(-c2coc(-c3cn([C@H]4CN5CCC4CC5)nn3)c2)cn1. The molecule has 0 radical (unpaired) electrons. The fourth-order valence-corrected chi connectivity index (χ4v) is 3.95. The fourth-order valence-electron chi connectivity index (χ4n) is 3.95. The van der Waals surface area contributed by atoms with Gasteiger partial charge < -0.3 is 9.32 Å². The molecule has 3 aliphatic rings. The highest BCUT2D eigenvalue weighted by molar-refractivity contribution is 5.67. The van der Waals surface area contributed by atoms with Crippen LogP contribution in [0.1, 0.15) is 18.9 Å². The number of furan rings is 1. The Morgan fingerprint density at radius 2 is 2.04 bits per heavy atom. The molecule has 0 aromatic carbocycles. The minimum Gasteiger partial charge on any atom is -0.462 e. The molecule has 0 saturated carbocycles. The predicted molar refractivity (Wildman–Crippen MR) is 89.1 cm³/mol. The molecule has 3 aromatic rings. The zero-order valence-electron chi connectivity index (χ0n) is 13.7. The highest BCUT2D eigenvalue weighted by Gasteiger charge is 2.35. The van der Waals surface area contributed by atoms with E-state index in [1.165, 1.54) is 38.2 Å². The molecule has 7 heteroatoms. The molecule has 0 amide bonds. The van der Waals surface area contributed by atoms with Crippen LogP contribution in [0.4, 0.5) is 4.39 Å². The molecule has 3 fully saturated rings. The van der Waals surface area contributed by atoms with E-state index in [9.17, 15) is 4.39 Å². The van der Waals surface area contributed by atoms with Crippen molar-refractivity contribution in [2.24, 2.45) is 5.92 Å². The van der Waals surface area contributed by atoms with Crippen LogP contribution in [0, 0.1) is 11.9 Å². The van der Waals surface area contributed by atoms with Gasteiger partial charge in [-0.15, -0.1) is 5.10 Å². The zero-order chi connectivity index (χ0) is 16.8. The molecule has 1 atom stereocenters. The Bertz CT molecular complexity index is 879. The summed E-state index contributed by atoms with van der Waals surface area (Å²) in [7, 11) is 0. The lowest BCUT2D eigenvalue weighted by atomic mass is 9.84. The van der Waals surface area contributed by atoms with E-state index in [0.29, 0.717) is 17.7 Å². The third kappa shape index (κ3) is 2.64. The van der Waals surface area contributed by atoms with Gasteiger partial charge in [0.05, 0.1) is 18.5 Å². The molecule has 3 saturated heterocycles. The predicted octanol–water partition coefficient (Wildman–Crippen LogP) is 3.01. The van der Waals surface area contributed by atoms with Gasteiger partial charge in [-0.05, 0) is 50.0 Å². The summed E-state index contributed by atoms with van der Waals surface area (Å²) < 4.78 is 20.6. The number of aromatic nitrogens is 4. The first-order valence-corrected chi connectivity index (χ1v) is 8.61. The minimum absolute atomic E-state index is 0.402. The lowest BCUT2D eigenvalue weighted by molar-refractivity contribution is 0.0504. The monoisotopic (exact) mass is 339 g/mol. The van der Waals surface area contributed by atoms with E-state index in [-0.39, 0.29) is 0 Å². The molecule has 6 nitrogen and oxygen atoms in total. The number of hydrogen-bond donors (Lipinski definition) is 0. The van der Waals surface area contributed by atoms with Gasteiger partial charge >= 0.3 is 0 Å². The maximum absolute atomic E-state index is 13.0. The maximum atomic E-state index is 13.0. The fraction of sp³-hybridized carbons (Fsp3) is 0.389. The van der Waals surface area contributed by atoms with E-state index in [0.717, 1.165) is 23.4 Å². The van der Waals surface area contributed by atoms with Gasteiger partial charge in [0.25, 0.3) is 0 Å². The van der Waals surface area contributed by atoms with Crippen molar-refractivity contribution in [1.29, 1.82) is 0 Å². The van der Waals surface area contributed by atoms with Crippen molar-refractivity contribution in [3.8, 4) is 22.6 Å². The molecule has 0 aliphatic carbocycles. The van der Waals surface area contributed by atoms with E-state index in [1.807, 2.05) is 16.9 Å². The second kappa shape index (κ2) is 5.77. The lowest BCUT2D eigenvalue weighted by Crippen LogP contribution is -2.48. The smallest absolute Gasteiger partial charge is 0.212 e. The van der Waals surface area contributed by atoms with Gasteiger partial charge in [0.2, 0.25) is 5.95 Å². The summed E-state index contributed by atoms with van der Waals surface area (Å²) in [6.07, 6.45) is 7.58.